The van der Waals surface area contributed by atoms with Crippen LogP contribution in [0.2, 0.25) is 0 Å². The molecule has 1 amide bonds. The standard InChI is InChI=1S/C25H22F3NO4/c26-25(27,28)16-6-5-7-18(12-16)32-14-17(30)13-29-24(31)33-15-23-21-10-3-1-8-19(21)20-9-2-4-11-22(20)23/h1-12,17,23,30H,13-15H2,(H,29,31). The Morgan fingerprint density at radius 1 is 0.970 bits per heavy atom. The number of fused-ring (bicyclic) bond motifs is 3. The second-order valence-electron chi connectivity index (χ2n) is 7.70. The molecule has 2 N–H and O–H groups in total. The number of benzene rings is 3. The molecular formula is C25H22F3NO4. The van der Waals surface area contributed by atoms with Gasteiger partial charge < -0.3 is 19.9 Å². The molecule has 172 valence electrons. The van der Waals surface area contributed by atoms with Crippen LogP contribution in [0.4, 0.5) is 18.0 Å². The van der Waals surface area contributed by atoms with E-state index in [4.69, 9.17) is 9.47 Å². The maximum absolute atomic E-state index is 12.8. The van der Waals surface area contributed by atoms with Gasteiger partial charge in [0.25, 0.3) is 0 Å². The van der Waals surface area contributed by atoms with E-state index < -0.39 is 23.9 Å². The molecular weight excluding hydrogens is 435 g/mol. The predicted molar refractivity (Wildman–Crippen MR) is 116 cm³/mol. The van der Waals surface area contributed by atoms with Crippen molar-refractivity contribution in [3.63, 3.8) is 0 Å². The highest BCUT2D eigenvalue weighted by Gasteiger charge is 2.31. The van der Waals surface area contributed by atoms with Gasteiger partial charge in [0.2, 0.25) is 0 Å². The van der Waals surface area contributed by atoms with Gasteiger partial charge in [0.15, 0.2) is 0 Å². The number of alkyl carbamates (subject to hydrolysis) is 1. The van der Waals surface area contributed by atoms with Crippen LogP contribution in [0.1, 0.15) is 22.6 Å². The molecule has 8 heteroatoms. The highest BCUT2D eigenvalue weighted by Crippen LogP contribution is 2.44. The molecule has 0 bridgehead atoms. The Kier molecular flexibility index (Phi) is 6.55. The van der Waals surface area contributed by atoms with Crippen molar-refractivity contribution in [2.75, 3.05) is 19.8 Å². The minimum Gasteiger partial charge on any atom is -0.491 e. The fraction of sp³-hybridized carbons (Fsp3) is 0.240. The summed E-state index contributed by atoms with van der Waals surface area (Å²) < 4.78 is 48.9. The van der Waals surface area contributed by atoms with Gasteiger partial charge in [-0.2, -0.15) is 13.2 Å². The molecule has 4 rings (SSSR count). The van der Waals surface area contributed by atoms with E-state index >= 15 is 0 Å². The van der Waals surface area contributed by atoms with Crippen molar-refractivity contribution < 1.29 is 32.5 Å². The first-order valence-corrected chi connectivity index (χ1v) is 10.4. The van der Waals surface area contributed by atoms with Crippen LogP contribution in [0.15, 0.2) is 72.8 Å². The Morgan fingerprint density at radius 3 is 2.24 bits per heavy atom. The summed E-state index contributed by atoms with van der Waals surface area (Å²) in [6.45, 7) is -0.322. The lowest BCUT2D eigenvalue weighted by molar-refractivity contribution is -0.137. The number of hydrogen-bond donors (Lipinski definition) is 2. The van der Waals surface area contributed by atoms with Crippen molar-refractivity contribution in [1.29, 1.82) is 0 Å². The molecule has 3 aromatic rings. The summed E-state index contributed by atoms with van der Waals surface area (Å²) in [5.74, 6) is -0.109. The lowest BCUT2D eigenvalue weighted by Crippen LogP contribution is -2.36. The van der Waals surface area contributed by atoms with Gasteiger partial charge in [-0.05, 0) is 40.5 Å². The normalized spacial score (nSPS) is 13.7. The molecule has 33 heavy (non-hydrogen) atoms. The van der Waals surface area contributed by atoms with Crippen molar-refractivity contribution in [3.8, 4) is 16.9 Å². The zero-order valence-corrected chi connectivity index (χ0v) is 17.5. The molecule has 0 spiro atoms. The fourth-order valence-electron chi connectivity index (χ4n) is 3.86. The average Bonchev–Trinajstić information content (AvgIpc) is 3.13. The van der Waals surface area contributed by atoms with Gasteiger partial charge in [-0.15, -0.1) is 0 Å². The van der Waals surface area contributed by atoms with Crippen LogP contribution < -0.4 is 10.1 Å². The first kappa shape index (κ1) is 22.7. The second kappa shape index (κ2) is 9.54. The van der Waals surface area contributed by atoms with Gasteiger partial charge in [0.1, 0.15) is 25.1 Å². The minimum absolute atomic E-state index is 0.0231. The Hall–Kier alpha value is -3.52. The molecule has 0 radical (unpaired) electrons. The molecule has 0 aromatic heterocycles. The van der Waals surface area contributed by atoms with Crippen LogP contribution in [0.3, 0.4) is 0 Å². The van der Waals surface area contributed by atoms with Crippen LogP contribution in [0.5, 0.6) is 5.75 Å². The zero-order valence-electron chi connectivity index (χ0n) is 17.5. The van der Waals surface area contributed by atoms with Crippen LogP contribution in [0, 0.1) is 0 Å². The summed E-state index contributed by atoms with van der Waals surface area (Å²) in [6.07, 6.45) is -6.31. The second-order valence-corrected chi connectivity index (χ2v) is 7.70. The number of alkyl halides is 3. The molecule has 1 atom stereocenters. The summed E-state index contributed by atoms with van der Waals surface area (Å²) in [4.78, 5) is 12.1. The van der Waals surface area contributed by atoms with Crippen molar-refractivity contribution in [3.05, 3.63) is 89.5 Å². The average molecular weight is 457 g/mol. The Morgan fingerprint density at radius 2 is 1.61 bits per heavy atom. The van der Waals surface area contributed by atoms with E-state index in [1.165, 1.54) is 12.1 Å². The largest absolute Gasteiger partial charge is 0.491 e. The van der Waals surface area contributed by atoms with E-state index in [-0.39, 0.29) is 31.4 Å². The first-order valence-electron chi connectivity index (χ1n) is 10.4. The Balaban J connectivity index is 1.26. The van der Waals surface area contributed by atoms with Crippen LogP contribution >= 0.6 is 0 Å². The number of hydrogen-bond acceptors (Lipinski definition) is 4. The maximum atomic E-state index is 12.8. The van der Waals surface area contributed by atoms with E-state index in [0.717, 1.165) is 34.4 Å². The highest BCUT2D eigenvalue weighted by molar-refractivity contribution is 5.79. The summed E-state index contributed by atoms with van der Waals surface area (Å²) >= 11 is 0. The number of halogens is 3. The van der Waals surface area contributed by atoms with Gasteiger partial charge >= 0.3 is 12.3 Å². The summed E-state index contributed by atoms with van der Waals surface area (Å²) in [6, 6.07) is 20.3. The lowest BCUT2D eigenvalue weighted by atomic mass is 9.98. The summed E-state index contributed by atoms with van der Waals surface area (Å²) in [7, 11) is 0. The molecule has 0 saturated heterocycles. The van der Waals surface area contributed by atoms with Gasteiger partial charge in [0, 0.05) is 5.92 Å². The van der Waals surface area contributed by atoms with Gasteiger partial charge in [-0.1, -0.05) is 54.6 Å². The van der Waals surface area contributed by atoms with Crippen LogP contribution in [-0.2, 0) is 10.9 Å². The molecule has 0 saturated carbocycles. The van der Waals surface area contributed by atoms with E-state index in [1.807, 2.05) is 48.5 Å². The number of carbonyl (C=O) groups excluding carboxylic acids is 1. The molecule has 1 aliphatic carbocycles. The number of amides is 1. The minimum atomic E-state index is -4.48. The van der Waals surface area contributed by atoms with Gasteiger partial charge in [-0.3, -0.25) is 0 Å². The third kappa shape index (κ3) is 5.28. The monoisotopic (exact) mass is 457 g/mol. The predicted octanol–water partition coefficient (Wildman–Crippen LogP) is 4.98. The summed E-state index contributed by atoms with van der Waals surface area (Å²) in [5, 5.41) is 12.5. The maximum Gasteiger partial charge on any atom is 0.416 e. The molecule has 0 aliphatic heterocycles. The van der Waals surface area contributed by atoms with Gasteiger partial charge in [-0.25, -0.2) is 4.79 Å². The quantitative estimate of drug-likeness (QED) is 0.525. The fourth-order valence-corrected chi connectivity index (χ4v) is 3.86. The van der Waals surface area contributed by atoms with Crippen LogP contribution in [-0.4, -0.2) is 37.1 Å². The Labute approximate surface area is 188 Å². The number of aliphatic hydroxyl groups excluding tert-OH is 1. The van der Waals surface area contributed by atoms with Crippen molar-refractivity contribution in [1.82, 2.24) is 5.32 Å². The highest BCUT2D eigenvalue weighted by atomic mass is 19.4. The van der Waals surface area contributed by atoms with E-state index in [9.17, 15) is 23.1 Å². The van der Waals surface area contributed by atoms with E-state index in [1.54, 1.807) is 0 Å². The third-order valence-corrected chi connectivity index (χ3v) is 5.43. The number of rotatable bonds is 7. The van der Waals surface area contributed by atoms with Crippen molar-refractivity contribution >= 4 is 6.09 Å². The van der Waals surface area contributed by atoms with E-state index in [2.05, 4.69) is 5.32 Å². The summed E-state index contributed by atoms with van der Waals surface area (Å²) in [5.41, 5.74) is 3.56. The van der Waals surface area contributed by atoms with Crippen LogP contribution in [0.25, 0.3) is 11.1 Å². The number of ether oxygens (including phenoxy) is 2. The van der Waals surface area contributed by atoms with Crippen molar-refractivity contribution in [2.45, 2.75) is 18.2 Å². The molecule has 0 fully saturated rings. The van der Waals surface area contributed by atoms with Crippen molar-refractivity contribution in [2.24, 2.45) is 0 Å². The number of aliphatic hydroxyl groups is 1. The molecule has 3 aromatic carbocycles. The lowest BCUT2D eigenvalue weighted by Gasteiger charge is -2.16. The van der Waals surface area contributed by atoms with Gasteiger partial charge in [0.05, 0.1) is 12.1 Å². The zero-order chi connectivity index (χ0) is 23.4. The molecule has 0 heterocycles. The SMILES string of the molecule is O=C(NCC(O)COc1cccc(C(F)(F)F)c1)OCC1c2ccccc2-c2ccccc21. The van der Waals surface area contributed by atoms with E-state index in [0.29, 0.717) is 0 Å². The number of nitrogens with one attached hydrogen (secondary N) is 1. The molecule has 1 aliphatic rings. The topological polar surface area (TPSA) is 67.8 Å². The molecule has 1 unspecified atom stereocenters. The molecule has 5 nitrogen and oxygen atoms in total. The number of carbonyl (C=O) groups is 1. The first-order chi connectivity index (χ1) is 15.8. The third-order valence-electron chi connectivity index (χ3n) is 5.43. The Bertz CT molecular complexity index is 1090. The smallest absolute Gasteiger partial charge is 0.416 e.